The van der Waals surface area contributed by atoms with Crippen molar-refractivity contribution in [3.05, 3.63) is 16.1 Å². The van der Waals surface area contributed by atoms with E-state index in [-0.39, 0.29) is 11.9 Å². The number of likely N-dealkylation sites (N-methyl/N-ethyl adjacent to an activating group) is 1. The summed E-state index contributed by atoms with van der Waals surface area (Å²) in [6.45, 7) is 0.832. The van der Waals surface area contributed by atoms with E-state index in [1.165, 1.54) is 11.3 Å². The fourth-order valence-electron chi connectivity index (χ4n) is 1.59. The SMILES string of the molecule is CN1CCc2n[c]sc2C1C(N)=O. The maximum Gasteiger partial charge on any atom is 0.240 e. The Morgan fingerprint density at radius 1 is 1.85 bits per heavy atom. The van der Waals surface area contributed by atoms with Crippen LogP contribution >= 0.6 is 11.3 Å². The summed E-state index contributed by atoms with van der Waals surface area (Å²) >= 11 is 1.39. The van der Waals surface area contributed by atoms with E-state index < -0.39 is 0 Å². The molecule has 1 atom stereocenters. The van der Waals surface area contributed by atoms with Crippen LogP contribution in [0.5, 0.6) is 0 Å². The fourth-order valence-corrected chi connectivity index (χ4v) is 2.52. The molecule has 13 heavy (non-hydrogen) atoms. The van der Waals surface area contributed by atoms with Gasteiger partial charge in [-0.1, -0.05) is 0 Å². The number of thiazole rings is 1. The van der Waals surface area contributed by atoms with Crippen molar-refractivity contribution in [2.75, 3.05) is 13.6 Å². The summed E-state index contributed by atoms with van der Waals surface area (Å²) in [7, 11) is 1.90. The molecule has 1 aromatic rings. The number of nitrogens with zero attached hydrogens (tertiary/aromatic N) is 2. The Hall–Kier alpha value is -0.940. The number of hydrogen-bond acceptors (Lipinski definition) is 4. The second kappa shape index (κ2) is 3.08. The van der Waals surface area contributed by atoms with E-state index in [1.54, 1.807) is 0 Å². The quantitative estimate of drug-likeness (QED) is 0.685. The van der Waals surface area contributed by atoms with Crippen molar-refractivity contribution in [1.82, 2.24) is 9.88 Å². The van der Waals surface area contributed by atoms with E-state index in [4.69, 9.17) is 5.73 Å². The number of primary amides is 1. The Morgan fingerprint density at radius 2 is 2.62 bits per heavy atom. The summed E-state index contributed by atoms with van der Waals surface area (Å²) in [5.41, 5.74) is 9.10. The van der Waals surface area contributed by atoms with Gasteiger partial charge in [0, 0.05) is 13.0 Å². The zero-order chi connectivity index (χ0) is 9.42. The smallest absolute Gasteiger partial charge is 0.240 e. The van der Waals surface area contributed by atoms with Crippen LogP contribution in [0.4, 0.5) is 0 Å². The molecule has 1 radical (unpaired) electrons. The summed E-state index contributed by atoms with van der Waals surface area (Å²) in [6.07, 6.45) is 0.885. The molecule has 0 fully saturated rings. The number of amides is 1. The standard InChI is InChI=1S/C8H10N3OS/c1-11-3-2-5-7(13-4-10-5)6(11)8(9)12/h6H,2-3H2,1H3,(H2,9,12). The maximum absolute atomic E-state index is 11.2. The first-order chi connectivity index (χ1) is 6.20. The second-order valence-corrected chi connectivity index (χ2v) is 3.98. The Balaban J connectivity index is 2.41. The lowest BCUT2D eigenvalue weighted by molar-refractivity contribution is -0.123. The van der Waals surface area contributed by atoms with E-state index in [0.717, 1.165) is 23.5 Å². The van der Waals surface area contributed by atoms with Crippen molar-refractivity contribution >= 4 is 17.2 Å². The Labute approximate surface area is 80.4 Å². The van der Waals surface area contributed by atoms with Gasteiger partial charge < -0.3 is 5.73 Å². The van der Waals surface area contributed by atoms with Gasteiger partial charge in [0.15, 0.2) is 5.51 Å². The van der Waals surface area contributed by atoms with Gasteiger partial charge in [0.25, 0.3) is 0 Å². The van der Waals surface area contributed by atoms with Crippen LogP contribution in [0.2, 0.25) is 0 Å². The molecule has 0 saturated carbocycles. The van der Waals surface area contributed by atoms with Crippen LogP contribution in [0.3, 0.4) is 0 Å². The molecule has 4 nitrogen and oxygen atoms in total. The predicted molar refractivity (Wildman–Crippen MR) is 49.2 cm³/mol. The minimum absolute atomic E-state index is 0.299. The minimum atomic E-state index is -0.305. The predicted octanol–water partition coefficient (Wildman–Crippen LogP) is -0.0424. The molecule has 0 saturated heterocycles. The Bertz CT molecular complexity index is 336. The summed E-state index contributed by atoms with van der Waals surface area (Å²) in [6, 6.07) is -0.299. The van der Waals surface area contributed by atoms with Gasteiger partial charge in [0.05, 0.1) is 10.6 Å². The third-order valence-corrected chi connectivity index (χ3v) is 3.14. The summed E-state index contributed by atoms with van der Waals surface area (Å²) in [4.78, 5) is 18.2. The number of nitrogens with two attached hydrogens (primary N) is 1. The first kappa shape index (κ1) is 8.65. The highest BCUT2D eigenvalue weighted by atomic mass is 32.1. The maximum atomic E-state index is 11.2. The van der Waals surface area contributed by atoms with Crippen molar-refractivity contribution in [3.8, 4) is 0 Å². The first-order valence-electron chi connectivity index (χ1n) is 4.05. The average molecular weight is 196 g/mol. The fraction of sp³-hybridized carbons (Fsp3) is 0.500. The molecule has 0 aromatic carbocycles. The molecule has 2 N–H and O–H groups in total. The number of fused-ring (bicyclic) bond motifs is 1. The molecule has 1 aliphatic heterocycles. The number of carbonyl (C=O) groups is 1. The lowest BCUT2D eigenvalue weighted by Gasteiger charge is -2.28. The third kappa shape index (κ3) is 1.34. The molecule has 0 aliphatic carbocycles. The van der Waals surface area contributed by atoms with Crippen molar-refractivity contribution in [3.63, 3.8) is 0 Å². The first-order valence-corrected chi connectivity index (χ1v) is 4.87. The normalized spacial score (nSPS) is 22.7. The number of carbonyl (C=O) groups excluding carboxylic acids is 1. The van der Waals surface area contributed by atoms with Crippen molar-refractivity contribution in [2.45, 2.75) is 12.5 Å². The summed E-state index contributed by atoms with van der Waals surface area (Å²) in [5.74, 6) is -0.305. The van der Waals surface area contributed by atoms with Gasteiger partial charge in [0.1, 0.15) is 6.04 Å². The van der Waals surface area contributed by atoms with Gasteiger partial charge in [-0.15, -0.1) is 11.3 Å². The van der Waals surface area contributed by atoms with Crippen LogP contribution in [-0.4, -0.2) is 29.4 Å². The van der Waals surface area contributed by atoms with Crippen LogP contribution in [0.25, 0.3) is 0 Å². The van der Waals surface area contributed by atoms with Gasteiger partial charge in [-0.3, -0.25) is 9.69 Å². The number of aromatic nitrogens is 1. The zero-order valence-electron chi connectivity index (χ0n) is 7.28. The van der Waals surface area contributed by atoms with E-state index >= 15 is 0 Å². The molecule has 1 aliphatic rings. The van der Waals surface area contributed by atoms with Crippen molar-refractivity contribution in [2.24, 2.45) is 5.73 Å². The van der Waals surface area contributed by atoms with Gasteiger partial charge in [0.2, 0.25) is 5.91 Å². The summed E-state index contributed by atoms with van der Waals surface area (Å²) in [5, 5.41) is 0. The highest BCUT2D eigenvalue weighted by molar-refractivity contribution is 7.09. The Morgan fingerprint density at radius 3 is 3.31 bits per heavy atom. The largest absolute Gasteiger partial charge is 0.368 e. The Kier molecular flexibility index (Phi) is 2.05. The molecular formula is C8H10N3OS. The van der Waals surface area contributed by atoms with E-state index in [1.807, 2.05) is 11.9 Å². The summed E-state index contributed by atoms with van der Waals surface area (Å²) < 4.78 is 0. The van der Waals surface area contributed by atoms with Gasteiger partial charge in [-0.25, -0.2) is 4.98 Å². The monoisotopic (exact) mass is 196 g/mol. The van der Waals surface area contributed by atoms with E-state index in [2.05, 4.69) is 10.5 Å². The van der Waals surface area contributed by atoms with Gasteiger partial charge >= 0.3 is 0 Å². The molecule has 69 valence electrons. The van der Waals surface area contributed by atoms with Crippen LogP contribution in [0.15, 0.2) is 0 Å². The lowest BCUT2D eigenvalue weighted by Crippen LogP contribution is -2.39. The molecule has 1 amide bonds. The van der Waals surface area contributed by atoms with Crippen LogP contribution in [0.1, 0.15) is 16.6 Å². The molecule has 0 spiro atoms. The van der Waals surface area contributed by atoms with E-state index in [9.17, 15) is 4.79 Å². The zero-order valence-corrected chi connectivity index (χ0v) is 8.10. The molecule has 0 bridgehead atoms. The molecule has 2 heterocycles. The number of rotatable bonds is 1. The van der Waals surface area contributed by atoms with Crippen LogP contribution in [0, 0.1) is 5.51 Å². The van der Waals surface area contributed by atoms with Crippen LogP contribution in [-0.2, 0) is 11.2 Å². The highest BCUT2D eigenvalue weighted by Crippen LogP contribution is 2.30. The second-order valence-electron chi connectivity index (χ2n) is 3.15. The average Bonchev–Trinajstić information content (AvgIpc) is 2.50. The van der Waals surface area contributed by atoms with Crippen LogP contribution < -0.4 is 5.73 Å². The molecule has 1 unspecified atom stereocenters. The highest BCUT2D eigenvalue weighted by Gasteiger charge is 2.31. The van der Waals surface area contributed by atoms with Gasteiger partial charge in [-0.05, 0) is 7.05 Å². The molecule has 2 rings (SSSR count). The third-order valence-electron chi connectivity index (χ3n) is 2.28. The number of hydrogen-bond donors (Lipinski definition) is 1. The molecule has 1 aromatic heterocycles. The minimum Gasteiger partial charge on any atom is -0.368 e. The molecular weight excluding hydrogens is 186 g/mol. The van der Waals surface area contributed by atoms with E-state index in [0.29, 0.717) is 0 Å². The van der Waals surface area contributed by atoms with Crippen molar-refractivity contribution in [1.29, 1.82) is 0 Å². The van der Waals surface area contributed by atoms with Gasteiger partial charge in [-0.2, -0.15) is 0 Å². The lowest BCUT2D eigenvalue weighted by atomic mass is 10.1. The van der Waals surface area contributed by atoms with Crippen molar-refractivity contribution < 1.29 is 4.79 Å². The molecule has 5 heteroatoms. The topological polar surface area (TPSA) is 59.2 Å².